The maximum atomic E-state index is 12.9. The predicted octanol–water partition coefficient (Wildman–Crippen LogP) is 3.17. The molecular weight excluding hydrogens is 457 g/mol. The number of piperidine rings is 1. The number of rotatable bonds is 8. The minimum atomic E-state index is -4.64. The summed E-state index contributed by atoms with van der Waals surface area (Å²) in [5.41, 5.74) is -1.94. The number of aromatic nitrogens is 2. The van der Waals surface area contributed by atoms with Crippen LogP contribution >= 0.6 is 11.6 Å². The van der Waals surface area contributed by atoms with Gasteiger partial charge in [-0.15, -0.1) is 0 Å². The highest BCUT2D eigenvalue weighted by Gasteiger charge is 2.54. The normalized spacial score (nSPS) is 17.2. The van der Waals surface area contributed by atoms with Gasteiger partial charge in [-0.1, -0.05) is 0 Å². The van der Waals surface area contributed by atoms with Crippen LogP contribution in [0.15, 0.2) is 30.5 Å². The molecule has 1 aliphatic rings. The van der Waals surface area contributed by atoms with Crippen molar-refractivity contribution in [3.05, 3.63) is 45.9 Å². The van der Waals surface area contributed by atoms with Gasteiger partial charge in [-0.25, -0.2) is 0 Å². The van der Waals surface area contributed by atoms with Crippen LogP contribution in [0.3, 0.4) is 0 Å². The molecular formula is C19H22ClF3N4O5. The standard InChI is InChI=1S/C19H22ClF3N4O5/c20-17-24-16(27(30)31)11-26(17)8-5-14(28)12-32-15-3-1-13(2-4-15)25-9-6-18(29,7-10-25)19(21,22)23/h1-4,11,14,28-29H,5-10,12H2. The topological polar surface area (TPSA) is 114 Å². The molecule has 0 spiro atoms. The van der Waals surface area contributed by atoms with Crippen molar-refractivity contribution in [1.82, 2.24) is 9.55 Å². The largest absolute Gasteiger partial charge is 0.491 e. The zero-order valence-corrected chi connectivity index (χ0v) is 17.6. The van der Waals surface area contributed by atoms with Gasteiger partial charge < -0.3 is 30.0 Å². The lowest BCUT2D eigenvalue weighted by Crippen LogP contribution is -2.53. The number of benzene rings is 1. The summed E-state index contributed by atoms with van der Waals surface area (Å²) in [6, 6.07) is 6.68. The van der Waals surface area contributed by atoms with Gasteiger partial charge in [0, 0.05) is 38.2 Å². The number of anilines is 1. The van der Waals surface area contributed by atoms with Crippen LogP contribution in [0.25, 0.3) is 0 Å². The van der Waals surface area contributed by atoms with E-state index in [4.69, 9.17) is 16.3 Å². The van der Waals surface area contributed by atoms with E-state index in [-0.39, 0.29) is 43.8 Å². The molecule has 0 saturated carbocycles. The molecule has 0 bridgehead atoms. The van der Waals surface area contributed by atoms with E-state index in [1.54, 1.807) is 29.2 Å². The summed E-state index contributed by atoms with van der Waals surface area (Å²) in [4.78, 5) is 15.4. The smallest absolute Gasteiger partial charge is 0.417 e. The fourth-order valence-corrected chi connectivity index (χ4v) is 3.58. The predicted molar refractivity (Wildman–Crippen MR) is 109 cm³/mol. The van der Waals surface area contributed by atoms with Crippen molar-refractivity contribution in [1.29, 1.82) is 0 Å². The summed E-state index contributed by atoms with van der Waals surface area (Å²) in [5, 5.41) is 30.5. The number of aliphatic hydroxyl groups excluding tert-OH is 1. The number of aryl methyl sites for hydroxylation is 1. The zero-order valence-electron chi connectivity index (χ0n) is 16.8. The Morgan fingerprint density at radius 3 is 2.44 bits per heavy atom. The lowest BCUT2D eigenvalue weighted by atomic mass is 9.90. The lowest BCUT2D eigenvalue weighted by molar-refractivity contribution is -0.389. The number of alkyl halides is 3. The molecule has 1 unspecified atom stereocenters. The first-order valence-corrected chi connectivity index (χ1v) is 10.2. The van der Waals surface area contributed by atoms with E-state index in [1.165, 1.54) is 10.8 Å². The molecule has 0 radical (unpaired) electrons. The Kier molecular flexibility index (Phi) is 7.16. The molecule has 2 heterocycles. The van der Waals surface area contributed by atoms with Gasteiger partial charge in [0.1, 0.15) is 18.6 Å². The fraction of sp³-hybridized carbons (Fsp3) is 0.526. The molecule has 1 saturated heterocycles. The van der Waals surface area contributed by atoms with E-state index in [1.807, 2.05) is 0 Å². The average molecular weight is 479 g/mol. The first kappa shape index (κ1) is 24.1. The number of hydrogen-bond donors (Lipinski definition) is 2. The minimum Gasteiger partial charge on any atom is -0.491 e. The molecule has 1 fully saturated rings. The zero-order chi connectivity index (χ0) is 23.5. The Bertz CT molecular complexity index is 930. The SMILES string of the molecule is O=[N+]([O-])c1cn(CCC(O)COc2ccc(N3CCC(O)(C(F)(F)F)CC3)cc2)c(Cl)n1. The molecule has 1 aliphatic heterocycles. The van der Waals surface area contributed by atoms with Crippen LogP contribution < -0.4 is 9.64 Å². The Morgan fingerprint density at radius 1 is 1.28 bits per heavy atom. The molecule has 176 valence electrons. The Labute approximate surface area is 186 Å². The molecule has 32 heavy (non-hydrogen) atoms. The highest BCUT2D eigenvalue weighted by atomic mass is 35.5. The van der Waals surface area contributed by atoms with E-state index in [0.717, 1.165) is 0 Å². The Hall–Kier alpha value is -2.57. The van der Waals surface area contributed by atoms with Crippen LogP contribution in [0.1, 0.15) is 19.3 Å². The van der Waals surface area contributed by atoms with E-state index < -0.39 is 35.6 Å². The van der Waals surface area contributed by atoms with Crippen molar-refractivity contribution < 1.29 is 33.0 Å². The van der Waals surface area contributed by atoms with Crippen molar-refractivity contribution in [2.75, 3.05) is 24.6 Å². The Morgan fingerprint density at radius 2 is 1.91 bits per heavy atom. The van der Waals surface area contributed by atoms with E-state index in [9.17, 15) is 33.5 Å². The molecule has 2 aromatic rings. The maximum Gasteiger partial charge on any atom is 0.417 e. The summed E-state index contributed by atoms with van der Waals surface area (Å²) in [5.74, 6) is 0.0885. The van der Waals surface area contributed by atoms with Gasteiger partial charge in [0.2, 0.25) is 0 Å². The quantitative estimate of drug-likeness (QED) is 0.442. The van der Waals surface area contributed by atoms with Crippen molar-refractivity contribution >= 4 is 23.1 Å². The number of nitro groups is 1. The number of aliphatic hydroxyl groups is 2. The summed E-state index contributed by atoms with van der Waals surface area (Å²) in [6.07, 6.45) is -4.90. The fourth-order valence-electron chi connectivity index (χ4n) is 3.36. The van der Waals surface area contributed by atoms with Crippen LogP contribution in [0.2, 0.25) is 5.28 Å². The van der Waals surface area contributed by atoms with Crippen LogP contribution in [0.5, 0.6) is 5.75 Å². The number of ether oxygens (including phenoxy) is 1. The molecule has 1 atom stereocenters. The minimum absolute atomic E-state index is 0.0317. The van der Waals surface area contributed by atoms with Gasteiger partial charge >= 0.3 is 17.3 Å². The van der Waals surface area contributed by atoms with E-state index >= 15 is 0 Å². The average Bonchev–Trinajstić information content (AvgIpc) is 3.12. The molecule has 13 heteroatoms. The van der Waals surface area contributed by atoms with Crippen molar-refractivity contribution in [3.63, 3.8) is 0 Å². The maximum absolute atomic E-state index is 12.9. The van der Waals surface area contributed by atoms with Crippen LogP contribution in [0, 0.1) is 10.1 Å². The summed E-state index contributed by atoms with van der Waals surface area (Å²) < 4.78 is 45.6. The molecule has 3 rings (SSSR count). The Balaban J connectivity index is 1.45. The van der Waals surface area contributed by atoms with E-state index in [0.29, 0.717) is 11.4 Å². The number of hydrogen-bond acceptors (Lipinski definition) is 7. The number of imidazole rings is 1. The van der Waals surface area contributed by atoms with Crippen LogP contribution in [0.4, 0.5) is 24.7 Å². The van der Waals surface area contributed by atoms with Crippen LogP contribution in [-0.4, -0.2) is 62.3 Å². The third-order valence-corrected chi connectivity index (χ3v) is 5.67. The summed E-state index contributed by atoms with van der Waals surface area (Å²) in [7, 11) is 0. The monoisotopic (exact) mass is 478 g/mol. The molecule has 0 amide bonds. The first-order chi connectivity index (χ1) is 15.0. The highest BCUT2D eigenvalue weighted by molar-refractivity contribution is 6.28. The third kappa shape index (κ3) is 5.61. The van der Waals surface area contributed by atoms with Gasteiger partial charge in [-0.05, 0) is 52.2 Å². The van der Waals surface area contributed by atoms with Gasteiger partial charge in [0.15, 0.2) is 5.60 Å². The molecule has 9 nitrogen and oxygen atoms in total. The van der Waals surface area contributed by atoms with Gasteiger partial charge in [-0.3, -0.25) is 4.57 Å². The lowest BCUT2D eigenvalue weighted by Gasteiger charge is -2.40. The molecule has 0 aliphatic carbocycles. The van der Waals surface area contributed by atoms with Crippen LogP contribution in [-0.2, 0) is 6.54 Å². The third-order valence-electron chi connectivity index (χ3n) is 5.37. The summed E-state index contributed by atoms with van der Waals surface area (Å²) in [6.45, 7) is 0.326. The first-order valence-electron chi connectivity index (χ1n) is 9.80. The second-order valence-electron chi connectivity index (χ2n) is 7.58. The molecule has 1 aromatic carbocycles. The molecule has 2 N–H and O–H groups in total. The number of nitrogens with zero attached hydrogens (tertiary/aromatic N) is 4. The van der Waals surface area contributed by atoms with Gasteiger partial charge in [0.25, 0.3) is 0 Å². The second-order valence-corrected chi connectivity index (χ2v) is 7.92. The van der Waals surface area contributed by atoms with Gasteiger partial charge in [0.05, 0.1) is 6.10 Å². The van der Waals surface area contributed by atoms with Crippen molar-refractivity contribution in [2.45, 2.75) is 43.7 Å². The van der Waals surface area contributed by atoms with Crippen molar-refractivity contribution in [2.24, 2.45) is 0 Å². The number of halogens is 4. The molecule has 1 aromatic heterocycles. The van der Waals surface area contributed by atoms with E-state index in [2.05, 4.69) is 4.98 Å². The van der Waals surface area contributed by atoms with Gasteiger partial charge in [-0.2, -0.15) is 13.2 Å². The highest BCUT2D eigenvalue weighted by Crippen LogP contribution is 2.39. The van der Waals surface area contributed by atoms with Crippen molar-refractivity contribution in [3.8, 4) is 5.75 Å². The summed E-state index contributed by atoms with van der Waals surface area (Å²) >= 11 is 5.82. The second kappa shape index (κ2) is 9.51.